The average Bonchev–Trinajstić information content (AvgIpc) is 2.80. The standard InChI is InChI=1S/C27H18O2/c28-27(29-26-19-17-24(18-20-26)23-9-5-2-6-10-23)25-15-13-22(14-16-25)12-11-21-7-3-1-4-8-21/h1-10,13-20H. The van der Waals surface area contributed by atoms with Crippen LogP contribution in [0.25, 0.3) is 11.1 Å². The molecule has 0 bridgehead atoms. The lowest BCUT2D eigenvalue weighted by atomic mass is 10.1. The van der Waals surface area contributed by atoms with Crippen molar-refractivity contribution in [1.29, 1.82) is 0 Å². The minimum atomic E-state index is -0.389. The Morgan fingerprint density at radius 2 is 1.07 bits per heavy atom. The van der Waals surface area contributed by atoms with Crippen molar-refractivity contribution >= 4 is 5.97 Å². The van der Waals surface area contributed by atoms with E-state index < -0.39 is 0 Å². The van der Waals surface area contributed by atoms with Crippen LogP contribution in [0, 0.1) is 11.8 Å². The molecule has 0 saturated carbocycles. The molecule has 0 aliphatic carbocycles. The van der Waals surface area contributed by atoms with Crippen LogP contribution in [0.1, 0.15) is 21.5 Å². The topological polar surface area (TPSA) is 26.3 Å². The van der Waals surface area contributed by atoms with Gasteiger partial charge in [0.15, 0.2) is 0 Å². The first-order valence-corrected chi connectivity index (χ1v) is 9.33. The molecule has 4 rings (SSSR count). The maximum Gasteiger partial charge on any atom is 0.343 e. The molecule has 0 aliphatic rings. The summed E-state index contributed by atoms with van der Waals surface area (Å²) < 4.78 is 5.49. The van der Waals surface area contributed by atoms with E-state index in [0.29, 0.717) is 11.3 Å². The van der Waals surface area contributed by atoms with Crippen LogP contribution in [0.4, 0.5) is 0 Å². The van der Waals surface area contributed by atoms with E-state index in [1.165, 1.54) is 0 Å². The molecule has 4 aromatic carbocycles. The van der Waals surface area contributed by atoms with Gasteiger partial charge in [0.05, 0.1) is 5.56 Å². The zero-order valence-electron chi connectivity index (χ0n) is 15.7. The Balaban J connectivity index is 1.42. The highest BCUT2D eigenvalue weighted by Crippen LogP contribution is 2.22. The van der Waals surface area contributed by atoms with Crippen molar-refractivity contribution in [3.63, 3.8) is 0 Å². The van der Waals surface area contributed by atoms with E-state index in [2.05, 4.69) is 11.8 Å². The van der Waals surface area contributed by atoms with Gasteiger partial charge in [0.1, 0.15) is 5.75 Å². The fourth-order valence-corrected chi connectivity index (χ4v) is 2.87. The Kier molecular flexibility index (Phi) is 5.50. The van der Waals surface area contributed by atoms with Gasteiger partial charge in [-0.25, -0.2) is 4.79 Å². The molecule has 0 heterocycles. The fourth-order valence-electron chi connectivity index (χ4n) is 2.87. The van der Waals surface area contributed by atoms with Crippen LogP contribution in [-0.2, 0) is 0 Å². The molecule has 0 unspecified atom stereocenters. The Morgan fingerprint density at radius 3 is 1.69 bits per heavy atom. The molecule has 138 valence electrons. The second-order valence-electron chi connectivity index (χ2n) is 6.47. The van der Waals surface area contributed by atoms with Gasteiger partial charge in [-0.1, -0.05) is 72.5 Å². The molecule has 0 radical (unpaired) electrons. The minimum absolute atomic E-state index is 0.389. The predicted molar refractivity (Wildman–Crippen MR) is 116 cm³/mol. The van der Waals surface area contributed by atoms with Crippen molar-refractivity contribution in [2.75, 3.05) is 0 Å². The molecule has 0 fully saturated rings. The van der Waals surface area contributed by atoms with E-state index in [9.17, 15) is 4.79 Å². The van der Waals surface area contributed by atoms with Crippen molar-refractivity contribution in [3.8, 4) is 28.7 Å². The number of benzene rings is 4. The molecule has 2 heteroatoms. The summed E-state index contributed by atoms with van der Waals surface area (Å²) in [7, 11) is 0. The molecule has 0 aromatic heterocycles. The third-order valence-corrected chi connectivity index (χ3v) is 4.42. The van der Waals surface area contributed by atoms with Gasteiger partial charge in [-0.15, -0.1) is 0 Å². The lowest BCUT2D eigenvalue weighted by Gasteiger charge is -2.06. The first kappa shape index (κ1) is 18.3. The first-order chi connectivity index (χ1) is 14.3. The highest BCUT2D eigenvalue weighted by Gasteiger charge is 2.08. The molecule has 0 aliphatic heterocycles. The minimum Gasteiger partial charge on any atom is -0.423 e. The van der Waals surface area contributed by atoms with E-state index in [0.717, 1.165) is 22.3 Å². The van der Waals surface area contributed by atoms with E-state index >= 15 is 0 Å². The van der Waals surface area contributed by atoms with Crippen molar-refractivity contribution in [1.82, 2.24) is 0 Å². The van der Waals surface area contributed by atoms with E-state index in [1.807, 2.05) is 84.9 Å². The molecule has 2 nitrogen and oxygen atoms in total. The van der Waals surface area contributed by atoms with Crippen LogP contribution in [0.5, 0.6) is 5.75 Å². The lowest BCUT2D eigenvalue weighted by molar-refractivity contribution is 0.0735. The quantitative estimate of drug-likeness (QED) is 0.251. The van der Waals surface area contributed by atoms with Crippen LogP contribution in [0.2, 0.25) is 0 Å². The van der Waals surface area contributed by atoms with Gasteiger partial charge in [0, 0.05) is 11.1 Å². The van der Waals surface area contributed by atoms with Crippen LogP contribution in [0.3, 0.4) is 0 Å². The Morgan fingerprint density at radius 1 is 0.552 bits per heavy atom. The molecular formula is C27H18O2. The van der Waals surface area contributed by atoms with Gasteiger partial charge in [-0.2, -0.15) is 0 Å². The summed E-state index contributed by atoms with van der Waals surface area (Å²) in [6, 6.07) is 34.5. The van der Waals surface area contributed by atoms with Gasteiger partial charge in [0.25, 0.3) is 0 Å². The highest BCUT2D eigenvalue weighted by atomic mass is 16.5. The van der Waals surface area contributed by atoms with Crippen LogP contribution in [0.15, 0.2) is 109 Å². The monoisotopic (exact) mass is 374 g/mol. The SMILES string of the molecule is O=C(Oc1ccc(-c2ccccc2)cc1)c1ccc(C#Cc2ccccc2)cc1. The fraction of sp³-hybridized carbons (Fsp3) is 0. The van der Waals surface area contributed by atoms with E-state index in [1.54, 1.807) is 24.3 Å². The van der Waals surface area contributed by atoms with Crippen LogP contribution in [-0.4, -0.2) is 5.97 Å². The molecule has 0 spiro atoms. The van der Waals surface area contributed by atoms with Crippen molar-refractivity contribution in [2.45, 2.75) is 0 Å². The summed E-state index contributed by atoms with van der Waals surface area (Å²) in [6.07, 6.45) is 0. The third kappa shape index (κ3) is 4.80. The first-order valence-electron chi connectivity index (χ1n) is 9.33. The summed E-state index contributed by atoms with van der Waals surface area (Å²) in [6.45, 7) is 0. The Labute approximate surface area is 170 Å². The second-order valence-corrected chi connectivity index (χ2v) is 6.47. The number of hydrogen-bond donors (Lipinski definition) is 0. The molecular weight excluding hydrogens is 356 g/mol. The van der Waals surface area contributed by atoms with Crippen LogP contribution >= 0.6 is 0 Å². The van der Waals surface area contributed by atoms with Gasteiger partial charge in [-0.05, 0) is 59.7 Å². The summed E-state index contributed by atoms with van der Waals surface area (Å²) in [4.78, 5) is 12.4. The summed E-state index contributed by atoms with van der Waals surface area (Å²) >= 11 is 0. The number of esters is 1. The number of carbonyl (C=O) groups is 1. The maximum absolute atomic E-state index is 12.4. The smallest absolute Gasteiger partial charge is 0.343 e. The number of carbonyl (C=O) groups excluding carboxylic acids is 1. The summed E-state index contributed by atoms with van der Waals surface area (Å²) in [5.74, 6) is 6.33. The number of hydrogen-bond acceptors (Lipinski definition) is 2. The lowest BCUT2D eigenvalue weighted by Crippen LogP contribution is -2.08. The van der Waals surface area contributed by atoms with Gasteiger partial charge < -0.3 is 4.74 Å². The third-order valence-electron chi connectivity index (χ3n) is 4.42. The Hall–Kier alpha value is -4.09. The van der Waals surface area contributed by atoms with Crippen molar-refractivity contribution in [2.24, 2.45) is 0 Å². The largest absolute Gasteiger partial charge is 0.423 e. The number of rotatable bonds is 3. The predicted octanol–water partition coefficient (Wildman–Crippen LogP) is 5.97. The van der Waals surface area contributed by atoms with Gasteiger partial charge in [0.2, 0.25) is 0 Å². The van der Waals surface area contributed by atoms with E-state index in [4.69, 9.17) is 4.74 Å². The molecule has 0 N–H and O–H groups in total. The van der Waals surface area contributed by atoms with E-state index in [-0.39, 0.29) is 5.97 Å². The number of ether oxygens (including phenoxy) is 1. The average molecular weight is 374 g/mol. The second kappa shape index (κ2) is 8.73. The highest BCUT2D eigenvalue weighted by molar-refractivity contribution is 5.91. The van der Waals surface area contributed by atoms with Gasteiger partial charge in [-0.3, -0.25) is 0 Å². The molecule has 0 amide bonds. The molecule has 4 aromatic rings. The van der Waals surface area contributed by atoms with Gasteiger partial charge >= 0.3 is 5.97 Å². The Bertz CT molecular complexity index is 1150. The molecule has 0 saturated heterocycles. The van der Waals surface area contributed by atoms with Crippen LogP contribution < -0.4 is 4.74 Å². The normalized spacial score (nSPS) is 9.93. The maximum atomic E-state index is 12.4. The zero-order valence-corrected chi connectivity index (χ0v) is 15.7. The molecule has 29 heavy (non-hydrogen) atoms. The van der Waals surface area contributed by atoms with Crippen molar-refractivity contribution in [3.05, 3.63) is 126 Å². The zero-order chi connectivity index (χ0) is 19.9. The summed E-state index contributed by atoms with van der Waals surface area (Å²) in [5, 5.41) is 0. The summed E-state index contributed by atoms with van der Waals surface area (Å²) in [5.41, 5.74) is 4.49. The van der Waals surface area contributed by atoms with Crippen molar-refractivity contribution < 1.29 is 9.53 Å². The molecule has 0 atom stereocenters.